The van der Waals surface area contributed by atoms with Crippen molar-refractivity contribution in [3.8, 4) is 0 Å². The van der Waals surface area contributed by atoms with Crippen LogP contribution >= 0.6 is 22.6 Å². The topological polar surface area (TPSA) is 26.0 Å². The highest BCUT2D eigenvalue weighted by molar-refractivity contribution is 14.1. The van der Waals surface area contributed by atoms with Crippen LogP contribution in [0.1, 0.15) is 11.1 Å². The maximum absolute atomic E-state index is 6.06. The van der Waals surface area contributed by atoms with Crippen LogP contribution < -0.4 is 11.2 Å². The summed E-state index contributed by atoms with van der Waals surface area (Å²) in [4.78, 5) is 0. The maximum Gasteiger partial charge on any atom is 0.117 e. The third-order valence-corrected chi connectivity index (χ3v) is 4.35. The quantitative estimate of drug-likeness (QED) is 0.449. The van der Waals surface area contributed by atoms with E-state index in [0.717, 1.165) is 27.6 Å². The Morgan fingerprint density at radius 2 is 2.07 bits per heavy atom. The van der Waals surface area contributed by atoms with Crippen LogP contribution in [0.25, 0.3) is 10.8 Å². The molecule has 1 aliphatic rings. The van der Waals surface area contributed by atoms with Crippen LogP contribution in [-0.4, -0.2) is 7.85 Å². The molecule has 0 heterocycles. The van der Waals surface area contributed by atoms with E-state index < -0.39 is 0 Å². The predicted molar refractivity (Wildman–Crippen MR) is 73.9 cm³/mol. The number of hydrogen-bond donors (Lipinski definition) is 1. The molecule has 0 saturated carbocycles. The van der Waals surface area contributed by atoms with E-state index in [1.54, 1.807) is 0 Å². The van der Waals surface area contributed by atoms with Gasteiger partial charge in [-0.05, 0) is 57.3 Å². The lowest BCUT2D eigenvalue weighted by Crippen LogP contribution is -2.16. The molecule has 15 heavy (non-hydrogen) atoms. The van der Waals surface area contributed by atoms with Gasteiger partial charge >= 0.3 is 0 Å². The number of nitrogens with two attached hydrogens (primary N) is 1. The fraction of sp³-hybridized carbons (Fsp3) is 0.167. The fourth-order valence-electron chi connectivity index (χ4n) is 2.43. The number of hydrogen-bond acceptors (Lipinski definition) is 1. The molecule has 0 spiro atoms. The highest BCUT2D eigenvalue weighted by atomic mass is 127. The third-order valence-electron chi connectivity index (χ3n) is 3.19. The zero-order valence-corrected chi connectivity index (χ0v) is 10.3. The molecule has 2 aromatic rings. The minimum absolute atomic E-state index is 0.747. The lowest BCUT2D eigenvalue weighted by molar-refractivity contribution is 1.03. The molecule has 2 N–H and O–H groups in total. The molecule has 1 nitrogen and oxygen atoms in total. The molecule has 0 saturated heterocycles. The van der Waals surface area contributed by atoms with Gasteiger partial charge in [0.05, 0.1) is 0 Å². The Balaban J connectivity index is 2.60. The molecule has 1 aliphatic carbocycles. The first kappa shape index (κ1) is 9.52. The first-order valence-electron chi connectivity index (χ1n) is 4.97. The SMILES string of the molecule is [B]c1c(N)c(I)c2cccc3c2c1CC3. The Morgan fingerprint density at radius 1 is 1.27 bits per heavy atom. The summed E-state index contributed by atoms with van der Waals surface area (Å²) < 4.78 is 1.09. The van der Waals surface area contributed by atoms with E-state index in [0.29, 0.717) is 0 Å². The first-order valence-corrected chi connectivity index (χ1v) is 6.05. The molecule has 0 bridgehead atoms. The van der Waals surface area contributed by atoms with Crippen molar-refractivity contribution in [2.45, 2.75) is 12.8 Å². The van der Waals surface area contributed by atoms with E-state index >= 15 is 0 Å². The number of benzene rings is 2. The fourth-order valence-corrected chi connectivity index (χ4v) is 3.17. The van der Waals surface area contributed by atoms with Crippen LogP contribution in [0.4, 0.5) is 5.69 Å². The molecule has 0 fully saturated rings. The maximum atomic E-state index is 6.06. The van der Waals surface area contributed by atoms with Gasteiger partial charge in [0, 0.05) is 9.26 Å². The van der Waals surface area contributed by atoms with Crippen molar-refractivity contribution >= 4 is 52.4 Å². The van der Waals surface area contributed by atoms with E-state index in [4.69, 9.17) is 13.6 Å². The minimum atomic E-state index is 0.747. The Bertz CT molecular complexity index is 578. The molecular weight excluding hydrogens is 296 g/mol. The molecule has 2 radical (unpaired) electrons. The molecule has 0 aromatic heterocycles. The van der Waals surface area contributed by atoms with E-state index in [9.17, 15) is 0 Å². The van der Waals surface area contributed by atoms with Crippen LogP contribution in [0.15, 0.2) is 18.2 Å². The van der Waals surface area contributed by atoms with Crippen molar-refractivity contribution in [1.29, 1.82) is 0 Å². The molecule has 72 valence electrons. The van der Waals surface area contributed by atoms with Crippen LogP contribution in [0.2, 0.25) is 0 Å². The molecule has 2 aromatic carbocycles. The van der Waals surface area contributed by atoms with Crippen LogP contribution in [0, 0.1) is 3.57 Å². The molecule has 0 amide bonds. The van der Waals surface area contributed by atoms with Gasteiger partial charge in [-0.25, -0.2) is 0 Å². The summed E-state index contributed by atoms with van der Waals surface area (Å²) in [5, 5.41) is 2.60. The molecule has 0 atom stereocenters. The summed E-state index contributed by atoms with van der Waals surface area (Å²) in [6.07, 6.45) is 2.12. The molecular formula is C12H9BIN. The summed E-state index contributed by atoms with van der Waals surface area (Å²) in [6, 6.07) is 6.42. The molecule has 0 aliphatic heterocycles. The van der Waals surface area contributed by atoms with Crippen LogP contribution in [-0.2, 0) is 12.8 Å². The first-order chi connectivity index (χ1) is 7.20. The van der Waals surface area contributed by atoms with Gasteiger partial charge in [0.2, 0.25) is 0 Å². The van der Waals surface area contributed by atoms with Crippen LogP contribution in [0.5, 0.6) is 0 Å². The summed E-state index contributed by atoms with van der Waals surface area (Å²) in [6.45, 7) is 0. The van der Waals surface area contributed by atoms with Crippen molar-refractivity contribution in [2.24, 2.45) is 0 Å². The van der Waals surface area contributed by atoms with Crippen molar-refractivity contribution in [1.82, 2.24) is 0 Å². The Hall–Kier alpha value is -0.705. The Morgan fingerprint density at radius 3 is 2.87 bits per heavy atom. The number of aryl methyl sites for hydroxylation is 2. The molecule has 3 heteroatoms. The minimum Gasteiger partial charge on any atom is -0.398 e. The molecule has 3 rings (SSSR count). The lowest BCUT2D eigenvalue weighted by Gasteiger charge is -2.12. The highest BCUT2D eigenvalue weighted by Gasteiger charge is 2.19. The van der Waals surface area contributed by atoms with Crippen molar-refractivity contribution < 1.29 is 0 Å². The van der Waals surface area contributed by atoms with Gasteiger partial charge in [0.1, 0.15) is 7.85 Å². The second-order valence-corrected chi connectivity index (χ2v) is 5.04. The smallest absolute Gasteiger partial charge is 0.117 e. The van der Waals surface area contributed by atoms with Gasteiger partial charge in [-0.3, -0.25) is 0 Å². The van der Waals surface area contributed by atoms with Crippen molar-refractivity contribution in [3.05, 3.63) is 32.9 Å². The lowest BCUT2D eigenvalue weighted by atomic mass is 9.86. The predicted octanol–water partition coefficient (Wildman–Crippen LogP) is 1.92. The normalized spacial score (nSPS) is 13.7. The number of halogens is 1. The van der Waals surface area contributed by atoms with E-state index in [2.05, 4.69) is 40.8 Å². The average molecular weight is 305 g/mol. The van der Waals surface area contributed by atoms with Gasteiger partial charge in [0.25, 0.3) is 0 Å². The van der Waals surface area contributed by atoms with Gasteiger partial charge in [-0.15, -0.1) is 0 Å². The van der Waals surface area contributed by atoms with Gasteiger partial charge in [-0.2, -0.15) is 0 Å². The zero-order chi connectivity index (χ0) is 10.6. The second kappa shape index (κ2) is 3.14. The van der Waals surface area contributed by atoms with Gasteiger partial charge in [0.15, 0.2) is 0 Å². The van der Waals surface area contributed by atoms with Gasteiger partial charge < -0.3 is 5.73 Å². The number of anilines is 1. The molecule has 0 unspecified atom stereocenters. The highest BCUT2D eigenvalue weighted by Crippen LogP contribution is 2.34. The zero-order valence-electron chi connectivity index (χ0n) is 8.18. The number of rotatable bonds is 0. The Kier molecular flexibility index (Phi) is 1.99. The van der Waals surface area contributed by atoms with E-state index in [1.165, 1.54) is 21.9 Å². The van der Waals surface area contributed by atoms with E-state index in [-0.39, 0.29) is 0 Å². The monoisotopic (exact) mass is 305 g/mol. The number of nitrogen functional groups attached to an aromatic ring is 1. The van der Waals surface area contributed by atoms with Crippen molar-refractivity contribution in [3.63, 3.8) is 0 Å². The van der Waals surface area contributed by atoms with Crippen molar-refractivity contribution in [2.75, 3.05) is 5.73 Å². The summed E-state index contributed by atoms with van der Waals surface area (Å²) >= 11 is 2.28. The van der Waals surface area contributed by atoms with Gasteiger partial charge in [-0.1, -0.05) is 23.7 Å². The Labute approximate surface area is 104 Å². The summed E-state index contributed by atoms with van der Waals surface area (Å²) in [5.41, 5.74) is 10.2. The van der Waals surface area contributed by atoms with E-state index in [1.807, 2.05) is 0 Å². The summed E-state index contributed by atoms with van der Waals surface area (Å²) in [5.74, 6) is 0. The second-order valence-electron chi connectivity index (χ2n) is 3.96. The van der Waals surface area contributed by atoms with Crippen LogP contribution in [0.3, 0.4) is 0 Å². The average Bonchev–Trinajstić information content (AvgIpc) is 2.68. The largest absolute Gasteiger partial charge is 0.398 e. The standard InChI is InChI=1S/C12H9BIN/c13-10-7-5-4-6-2-1-3-8(9(6)7)11(14)12(10)15/h1-3H,4-5,15H2. The summed E-state index contributed by atoms with van der Waals surface area (Å²) in [7, 11) is 6.06. The third kappa shape index (κ3) is 1.16.